The number of benzene rings is 1. The van der Waals surface area contributed by atoms with Crippen LogP contribution in [-0.4, -0.2) is 37.7 Å². The number of aryl methyl sites for hydroxylation is 2. The van der Waals surface area contributed by atoms with Gasteiger partial charge in [0, 0.05) is 32.3 Å². The highest BCUT2D eigenvalue weighted by atomic mass is 16.5. The summed E-state index contributed by atoms with van der Waals surface area (Å²) in [7, 11) is 1.77. The fourth-order valence-corrected chi connectivity index (χ4v) is 2.97. The van der Waals surface area contributed by atoms with E-state index >= 15 is 0 Å². The lowest BCUT2D eigenvalue weighted by atomic mass is 9.95. The van der Waals surface area contributed by atoms with Crippen molar-refractivity contribution in [1.29, 1.82) is 0 Å². The molecule has 1 aliphatic carbocycles. The van der Waals surface area contributed by atoms with Crippen molar-refractivity contribution < 1.29 is 4.74 Å². The Bertz CT molecular complexity index is 395. The van der Waals surface area contributed by atoms with E-state index in [4.69, 9.17) is 10.5 Å². The lowest BCUT2D eigenvalue weighted by Crippen LogP contribution is -2.38. The fourth-order valence-electron chi connectivity index (χ4n) is 2.97. The van der Waals surface area contributed by atoms with E-state index in [1.165, 1.54) is 29.5 Å². The number of methoxy groups -OCH3 is 1. The minimum Gasteiger partial charge on any atom is -0.383 e. The van der Waals surface area contributed by atoms with Gasteiger partial charge in [-0.05, 0) is 43.4 Å². The number of rotatable bonds is 7. The molecule has 3 nitrogen and oxygen atoms in total. The molecule has 1 aliphatic rings. The van der Waals surface area contributed by atoms with Crippen LogP contribution in [0.1, 0.15) is 35.6 Å². The molecule has 0 spiro atoms. The minimum atomic E-state index is 0.323. The van der Waals surface area contributed by atoms with Crippen LogP contribution in [0.5, 0.6) is 0 Å². The molecule has 3 heteroatoms. The summed E-state index contributed by atoms with van der Waals surface area (Å²) < 4.78 is 5.26. The second kappa shape index (κ2) is 6.51. The summed E-state index contributed by atoms with van der Waals surface area (Å²) in [5.74, 6) is 0. The molecule has 1 unspecified atom stereocenters. The van der Waals surface area contributed by atoms with Crippen LogP contribution in [0.25, 0.3) is 0 Å². The van der Waals surface area contributed by atoms with E-state index in [9.17, 15) is 0 Å². The molecule has 0 aromatic heterocycles. The molecular formula is C16H26N2O. The Morgan fingerprint density at radius 3 is 2.42 bits per heavy atom. The lowest BCUT2D eigenvalue weighted by Gasteiger charge is -2.33. The van der Waals surface area contributed by atoms with Gasteiger partial charge in [0.1, 0.15) is 0 Å². The second-order valence-electron chi connectivity index (χ2n) is 5.52. The summed E-state index contributed by atoms with van der Waals surface area (Å²) in [5.41, 5.74) is 10.2. The van der Waals surface area contributed by atoms with E-state index in [-0.39, 0.29) is 0 Å². The van der Waals surface area contributed by atoms with E-state index in [2.05, 4.69) is 36.9 Å². The molecule has 0 heterocycles. The van der Waals surface area contributed by atoms with E-state index in [1.54, 1.807) is 7.11 Å². The van der Waals surface area contributed by atoms with Crippen LogP contribution in [-0.2, 0) is 4.74 Å². The summed E-state index contributed by atoms with van der Waals surface area (Å²) >= 11 is 0. The number of nitrogens with two attached hydrogens (primary N) is 1. The fraction of sp³-hybridized carbons (Fsp3) is 0.625. The van der Waals surface area contributed by atoms with Crippen molar-refractivity contribution in [3.63, 3.8) is 0 Å². The molecular weight excluding hydrogens is 236 g/mol. The maximum Gasteiger partial charge on any atom is 0.0590 e. The Morgan fingerprint density at radius 1 is 1.32 bits per heavy atom. The van der Waals surface area contributed by atoms with Crippen molar-refractivity contribution in [2.24, 2.45) is 5.73 Å². The van der Waals surface area contributed by atoms with Gasteiger partial charge in [0.2, 0.25) is 0 Å². The van der Waals surface area contributed by atoms with Crippen molar-refractivity contribution in [3.05, 3.63) is 34.9 Å². The molecule has 0 bridgehead atoms. The smallest absolute Gasteiger partial charge is 0.0590 e. The third-order valence-corrected chi connectivity index (χ3v) is 4.07. The Kier molecular flexibility index (Phi) is 4.97. The van der Waals surface area contributed by atoms with Crippen LogP contribution in [0.3, 0.4) is 0 Å². The summed E-state index contributed by atoms with van der Waals surface area (Å²) in [6, 6.07) is 7.52. The highest BCUT2D eigenvalue weighted by Gasteiger charge is 2.34. The monoisotopic (exact) mass is 262 g/mol. The summed E-state index contributed by atoms with van der Waals surface area (Å²) in [6.45, 7) is 6.79. The van der Waals surface area contributed by atoms with Crippen molar-refractivity contribution in [3.8, 4) is 0 Å². The largest absolute Gasteiger partial charge is 0.383 e. The average Bonchev–Trinajstić information content (AvgIpc) is 3.21. The molecule has 106 valence electrons. The van der Waals surface area contributed by atoms with E-state index in [0.29, 0.717) is 18.6 Å². The van der Waals surface area contributed by atoms with Crippen molar-refractivity contribution in [2.45, 2.75) is 38.8 Å². The van der Waals surface area contributed by atoms with E-state index in [0.717, 1.165) is 13.2 Å². The average molecular weight is 262 g/mol. The Balaban J connectivity index is 2.25. The molecule has 1 fully saturated rings. The van der Waals surface area contributed by atoms with Crippen molar-refractivity contribution in [1.82, 2.24) is 4.90 Å². The van der Waals surface area contributed by atoms with Gasteiger partial charge in [0.05, 0.1) is 6.61 Å². The minimum absolute atomic E-state index is 0.323. The van der Waals surface area contributed by atoms with Crippen LogP contribution in [0.15, 0.2) is 18.2 Å². The highest BCUT2D eigenvalue weighted by Crippen LogP contribution is 2.35. The van der Waals surface area contributed by atoms with Gasteiger partial charge in [0.25, 0.3) is 0 Å². The highest BCUT2D eigenvalue weighted by molar-refractivity contribution is 5.36. The van der Waals surface area contributed by atoms with E-state index in [1.807, 2.05) is 0 Å². The number of ether oxygens (including phenoxy) is 1. The molecule has 2 N–H and O–H groups in total. The molecule has 1 saturated carbocycles. The standard InChI is InChI=1S/C16H26N2O/c1-12-5-4-6-13(2)16(12)15(11-17)18(9-10-19-3)14-7-8-14/h4-6,14-15H,7-11,17H2,1-3H3. The molecule has 1 aromatic carbocycles. The quantitative estimate of drug-likeness (QED) is 0.820. The predicted octanol–water partition coefficient (Wildman–Crippen LogP) is 2.41. The normalized spacial score (nSPS) is 16.9. The zero-order valence-electron chi connectivity index (χ0n) is 12.4. The maximum absolute atomic E-state index is 6.10. The first kappa shape index (κ1) is 14.5. The van der Waals surface area contributed by atoms with Gasteiger partial charge in [-0.3, -0.25) is 4.90 Å². The third kappa shape index (κ3) is 3.35. The molecule has 0 amide bonds. The second-order valence-corrected chi connectivity index (χ2v) is 5.52. The zero-order chi connectivity index (χ0) is 13.8. The van der Waals surface area contributed by atoms with E-state index < -0.39 is 0 Å². The van der Waals surface area contributed by atoms with Crippen LogP contribution in [0.4, 0.5) is 0 Å². The topological polar surface area (TPSA) is 38.5 Å². The Hall–Kier alpha value is -0.900. The Morgan fingerprint density at radius 2 is 1.95 bits per heavy atom. The van der Waals surface area contributed by atoms with Crippen LogP contribution in [0.2, 0.25) is 0 Å². The third-order valence-electron chi connectivity index (χ3n) is 4.07. The van der Waals surface area contributed by atoms with Gasteiger partial charge in [-0.2, -0.15) is 0 Å². The first-order valence-electron chi connectivity index (χ1n) is 7.20. The molecule has 1 atom stereocenters. The summed E-state index contributed by atoms with van der Waals surface area (Å²) in [6.07, 6.45) is 2.59. The van der Waals surface area contributed by atoms with Crippen LogP contribution in [0, 0.1) is 13.8 Å². The van der Waals surface area contributed by atoms with Gasteiger partial charge < -0.3 is 10.5 Å². The zero-order valence-corrected chi connectivity index (χ0v) is 12.4. The summed E-state index contributed by atoms with van der Waals surface area (Å²) in [4.78, 5) is 2.54. The number of nitrogens with zero attached hydrogens (tertiary/aromatic N) is 1. The molecule has 0 radical (unpaired) electrons. The van der Waals surface area contributed by atoms with Gasteiger partial charge in [-0.15, -0.1) is 0 Å². The Labute approximate surface area is 116 Å². The van der Waals surface area contributed by atoms with Crippen molar-refractivity contribution >= 4 is 0 Å². The van der Waals surface area contributed by atoms with Gasteiger partial charge in [0.15, 0.2) is 0 Å². The maximum atomic E-state index is 6.10. The molecule has 1 aromatic rings. The lowest BCUT2D eigenvalue weighted by molar-refractivity contribution is 0.115. The van der Waals surface area contributed by atoms with Crippen LogP contribution < -0.4 is 5.73 Å². The molecule has 0 saturated heterocycles. The van der Waals surface area contributed by atoms with Gasteiger partial charge >= 0.3 is 0 Å². The van der Waals surface area contributed by atoms with Crippen LogP contribution >= 0.6 is 0 Å². The first-order valence-corrected chi connectivity index (χ1v) is 7.20. The first-order chi connectivity index (χ1) is 9.19. The van der Waals surface area contributed by atoms with Gasteiger partial charge in [-0.25, -0.2) is 0 Å². The SMILES string of the molecule is COCCN(C1CC1)C(CN)c1c(C)cccc1C. The molecule has 2 rings (SSSR count). The van der Waals surface area contributed by atoms with Gasteiger partial charge in [-0.1, -0.05) is 18.2 Å². The summed E-state index contributed by atoms with van der Waals surface area (Å²) in [5, 5.41) is 0. The predicted molar refractivity (Wildman–Crippen MR) is 79.3 cm³/mol. The molecule has 0 aliphatic heterocycles. The van der Waals surface area contributed by atoms with Crippen molar-refractivity contribution in [2.75, 3.05) is 26.8 Å². The molecule has 19 heavy (non-hydrogen) atoms. The number of hydrogen-bond acceptors (Lipinski definition) is 3. The number of hydrogen-bond donors (Lipinski definition) is 1.